The number of hydrogen-bond donors (Lipinski definition) is 1. The van der Waals surface area contributed by atoms with Crippen LogP contribution in [0.4, 0.5) is 4.39 Å². The maximum absolute atomic E-state index is 14.2. The molecular weight excluding hydrogens is 335 g/mol. The van der Waals surface area contributed by atoms with Crippen LogP contribution < -0.4 is 5.56 Å². The number of halogens is 3. The Kier molecular flexibility index (Phi) is 4.37. The average Bonchev–Trinajstić information content (AvgIpc) is 2.39. The highest BCUT2D eigenvalue weighted by Crippen LogP contribution is 2.33. The summed E-state index contributed by atoms with van der Waals surface area (Å²) < 4.78 is 14.7. The fourth-order valence-corrected chi connectivity index (χ4v) is 2.32. The van der Waals surface area contributed by atoms with Gasteiger partial charge in [-0.25, -0.2) is 9.37 Å². The number of nitrogens with one attached hydrogen (secondary N) is 1. The standard InChI is InChI=1S/C13H11BrClFN2O/c1-2-3-8-12(17-6-18-13(8)19)7-4-5-9(14)10(15)11(7)16/h4-6H,2-3H2,1H3,(H,17,18,19). The van der Waals surface area contributed by atoms with E-state index >= 15 is 0 Å². The maximum Gasteiger partial charge on any atom is 0.254 e. The van der Waals surface area contributed by atoms with Crippen molar-refractivity contribution in [1.82, 2.24) is 9.97 Å². The van der Waals surface area contributed by atoms with Crippen molar-refractivity contribution in [2.24, 2.45) is 0 Å². The largest absolute Gasteiger partial charge is 0.313 e. The van der Waals surface area contributed by atoms with Gasteiger partial charge in [-0.15, -0.1) is 0 Å². The lowest BCUT2D eigenvalue weighted by Gasteiger charge is -2.09. The first kappa shape index (κ1) is 14.2. The van der Waals surface area contributed by atoms with Crippen molar-refractivity contribution in [2.45, 2.75) is 19.8 Å². The molecule has 3 nitrogen and oxygen atoms in total. The van der Waals surface area contributed by atoms with Crippen LogP contribution in [-0.2, 0) is 6.42 Å². The van der Waals surface area contributed by atoms with Gasteiger partial charge < -0.3 is 4.98 Å². The summed E-state index contributed by atoms with van der Waals surface area (Å²) in [4.78, 5) is 18.4. The molecule has 0 atom stereocenters. The Morgan fingerprint density at radius 1 is 1.47 bits per heavy atom. The smallest absolute Gasteiger partial charge is 0.254 e. The minimum absolute atomic E-state index is 0.0120. The Morgan fingerprint density at radius 2 is 2.21 bits per heavy atom. The van der Waals surface area contributed by atoms with Crippen LogP contribution in [0, 0.1) is 5.82 Å². The quantitative estimate of drug-likeness (QED) is 0.856. The topological polar surface area (TPSA) is 45.8 Å². The molecule has 0 saturated carbocycles. The summed E-state index contributed by atoms with van der Waals surface area (Å²) >= 11 is 9.02. The van der Waals surface area contributed by atoms with E-state index in [-0.39, 0.29) is 16.1 Å². The van der Waals surface area contributed by atoms with Crippen LogP contribution in [-0.4, -0.2) is 9.97 Å². The second-order valence-electron chi connectivity index (χ2n) is 4.03. The van der Waals surface area contributed by atoms with Crippen LogP contribution in [0.5, 0.6) is 0 Å². The van der Waals surface area contributed by atoms with Gasteiger partial charge in [-0.2, -0.15) is 0 Å². The predicted octanol–water partition coefficient (Wildman–Crippen LogP) is 3.94. The van der Waals surface area contributed by atoms with E-state index in [4.69, 9.17) is 11.6 Å². The molecule has 19 heavy (non-hydrogen) atoms. The summed E-state index contributed by atoms with van der Waals surface area (Å²) in [5, 5.41) is -0.0120. The highest BCUT2D eigenvalue weighted by atomic mass is 79.9. The highest BCUT2D eigenvalue weighted by Gasteiger charge is 2.17. The first-order valence-electron chi connectivity index (χ1n) is 5.76. The van der Waals surface area contributed by atoms with Crippen molar-refractivity contribution in [3.8, 4) is 11.3 Å². The molecule has 0 unspecified atom stereocenters. The van der Waals surface area contributed by atoms with E-state index in [0.717, 1.165) is 6.42 Å². The molecule has 0 aliphatic rings. The zero-order chi connectivity index (χ0) is 14.0. The molecule has 1 aromatic heterocycles. The summed E-state index contributed by atoms with van der Waals surface area (Å²) in [7, 11) is 0. The second kappa shape index (κ2) is 5.84. The number of benzene rings is 1. The van der Waals surface area contributed by atoms with E-state index in [1.54, 1.807) is 12.1 Å². The van der Waals surface area contributed by atoms with Crippen LogP contribution >= 0.6 is 27.5 Å². The molecule has 0 saturated heterocycles. The van der Waals surface area contributed by atoms with Gasteiger partial charge >= 0.3 is 0 Å². The fourth-order valence-electron chi connectivity index (χ4n) is 1.85. The Balaban J connectivity index is 2.69. The SMILES string of the molecule is CCCc1c(-c2ccc(Br)c(Cl)c2F)nc[nH]c1=O. The summed E-state index contributed by atoms with van der Waals surface area (Å²) in [6.45, 7) is 1.95. The van der Waals surface area contributed by atoms with Crippen LogP contribution in [0.3, 0.4) is 0 Å². The number of hydrogen-bond acceptors (Lipinski definition) is 2. The zero-order valence-corrected chi connectivity index (χ0v) is 12.5. The molecular formula is C13H11BrClFN2O. The van der Waals surface area contributed by atoms with E-state index in [2.05, 4.69) is 25.9 Å². The van der Waals surface area contributed by atoms with Crippen molar-refractivity contribution < 1.29 is 4.39 Å². The van der Waals surface area contributed by atoms with Crippen LogP contribution in [0.25, 0.3) is 11.3 Å². The molecule has 0 aliphatic carbocycles. The Labute approximate surface area is 123 Å². The molecule has 1 heterocycles. The normalized spacial score (nSPS) is 10.7. The van der Waals surface area contributed by atoms with Crippen LogP contribution in [0.1, 0.15) is 18.9 Å². The molecule has 0 aliphatic heterocycles. The Morgan fingerprint density at radius 3 is 2.89 bits per heavy atom. The second-order valence-corrected chi connectivity index (χ2v) is 5.26. The van der Waals surface area contributed by atoms with Gasteiger partial charge in [0.1, 0.15) is 0 Å². The van der Waals surface area contributed by atoms with E-state index in [9.17, 15) is 9.18 Å². The lowest BCUT2D eigenvalue weighted by Crippen LogP contribution is -2.15. The van der Waals surface area contributed by atoms with E-state index in [1.165, 1.54) is 6.33 Å². The fraction of sp³-hybridized carbons (Fsp3) is 0.231. The summed E-state index contributed by atoms with van der Waals surface area (Å²) in [6, 6.07) is 3.20. The number of rotatable bonds is 3. The average molecular weight is 346 g/mol. The van der Waals surface area contributed by atoms with Crippen molar-refractivity contribution in [2.75, 3.05) is 0 Å². The van der Waals surface area contributed by atoms with Gasteiger partial charge in [0.05, 0.1) is 17.0 Å². The minimum atomic E-state index is -0.577. The lowest BCUT2D eigenvalue weighted by molar-refractivity contribution is 0.629. The van der Waals surface area contributed by atoms with Gasteiger partial charge in [-0.1, -0.05) is 24.9 Å². The third kappa shape index (κ3) is 2.72. The molecule has 0 amide bonds. The Hall–Kier alpha value is -1.20. The molecule has 6 heteroatoms. The highest BCUT2D eigenvalue weighted by molar-refractivity contribution is 9.10. The van der Waals surface area contributed by atoms with Crippen molar-refractivity contribution in [3.05, 3.63) is 49.7 Å². The molecule has 0 spiro atoms. The van der Waals surface area contributed by atoms with Crippen LogP contribution in [0.15, 0.2) is 27.7 Å². The number of nitrogens with zero attached hydrogens (tertiary/aromatic N) is 1. The van der Waals surface area contributed by atoms with Gasteiger partial charge in [-0.05, 0) is 34.5 Å². The summed E-state index contributed by atoms with van der Waals surface area (Å²) in [5.41, 5.74) is 0.813. The number of aromatic amines is 1. The van der Waals surface area contributed by atoms with Crippen molar-refractivity contribution in [1.29, 1.82) is 0 Å². The predicted molar refractivity (Wildman–Crippen MR) is 77.0 cm³/mol. The first-order valence-corrected chi connectivity index (χ1v) is 6.93. The van der Waals surface area contributed by atoms with Gasteiger partial charge in [0.15, 0.2) is 5.82 Å². The van der Waals surface area contributed by atoms with Gasteiger partial charge in [0, 0.05) is 15.6 Å². The molecule has 1 N–H and O–H groups in total. The molecule has 0 fully saturated rings. The van der Waals surface area contributed by atoms with Gasteiger partial charge in [0.2, 0.25) is 0 Å². The first-order chi connectivity index (χ1) is 9.06. The lowest BCUT2D eigenvalue weighted by atomic mass is 10.0. The molecule has 100 valence electrons. The Bertz CT molecular complexity index is 672. The molecule has 1 aromatic carbocycles. The number of H-pyrrole nitrogens is 1. The van der Waals surface area contributed by atoms with Crippen molar-refractivity contribution >= 4 is 27.5 Å². The zero-order valence-electron chi connectivity index (χ0n) is 10.1. The van der Waals surface area contributed by atoms with Crippen LogP contribution in [0.2, 0.25) is 5.02 Å². The molecule has 0 bridgehead atoms. The molecule has 2 rings (SSSR count). The minimum Gasteiger partial charge on any atom is -0.313 e. The van der Waals surface area contributed by atoms with E-state index in [1.807, 2.05) is 6.92 Å². The number of aromatic nitrogens is 2. The van der Waals surface area contributed by atoms with Crippen molar-refractivity contribution in [3.63, 3.8) is 0 Å². The summed E-state index contributed by atoms with van der Waals surface area (Å²) in [6.07, 6.45) is 2.57. The summed E-state index contributed by atoms with van der Waals surface area (Å²) in [5.74, 6) is -0.577. The van der Waals surface area contributed by atoms with E-state index in [0.29, 0.717) is 22.2 Å². The van der Waals surface area contributed by atoms with Gasteiger partial charge in [0.25, 0.3) is 5.56 Å². The van der Waals surface area contributed by atoms with E-state index < -0.39 is 5.82 Å². The third-order valence-electron chi connectivity index (χ3n) is 2.74. The maximum atomic E-state index is 14.2. The molecule has 2 aromatic rings. The third-order valence-corrected chi connectivity index (χ3v) is 4.00. The monoisotopic (exact) mass is 344 g/mol. The molecule has 0 radical (unpaired) electrons. The van der Waals surface area contributed by atoms with Gasteiger partial charge in [-0.3, -0.25) is 4.79 Å².